The highest BCUT2D eigenvalue weighted by atomic mass is 16.5. The third kappa shape index (κ3) is 5.27. The van der Waals surface area contributed by atoms with E-state index in [0.29, 0.717) is 26.1 Å². The lowest BCUT2D eigenvalue weighted by Gasteiger charge is -2.17. The number of likely N-dealkylation sites (N-methyl/N-ethyl adjacent to an activating group) is 1. The molecular weight excluding hydrogens is 260 g/mol. The van der Waals surface area contributed by atoms with Gasteiger partial charge in [-0.2, -0.15) is 0 Å². The van der Waals surface area contributed by atoms with E-state index >= 15 is 0 Å². The Morgan fingerprint density at radius 1 is 1.30 bits per heavy atom. The van der Waals surface area contributed by atoms with Gasteiger partial charge < -0.3 is 20.1 Å². The molecule has 2 amide bonds. The molecule has 0 bridgehead atoms. The molecule has 0 saturated heterocycles. The number of ether oxygens (including phenoxy) is 1. The van der Waals surface area contributed by atoms with Crippen molar-refractivity contribution in [2.45, 2.75) is 6.42 Å². The van der Waals surface area contributed by atoms with Gasteiger partial charge in [-0.1, -0.05) is 12.1 Å². The van der Waals surface area contributed by atoms with Crippen LogP contribution in [0, 0.1) is 0 Å². The van der Waals surface area contributed by atoms with E-state index in [2.05, 4.69) is 5.32 Å². The molecule has 0 radical (unpaired) electrons. The van der Waals surface area contributed by atoms with E-state index in [1.54, 1.807) is 43.3 Å². The number of carboxylic acid groups (broad SMARTS) is 1. The van der Waals surface area contributed by atoms with Crippen LogP contribution in [0.25, 0.3) is 0 Å². The molecule has 0 unspecified atom stereocenters. The van der Waals surface area contributed by atoms with E-state index in [1.165, 1.54) is 0 Å². The van der Waals surface area contributed by atoms with Crippen molar-refractivity contribution in [2.24, 2.45) is 0 Å². The molecule has 0 aliphatic rings. The summed E-state index contributed by atoms with van der Waals surface area (Å²) >= 11 is 0. The zero-order chi connectivity index (χ0) is 15.0. The Morgan fingerprint density at radius 3 is 2.50 bits per heavy atom. The van der Waals surface area contributed by atoms with Gasteiger partial charge in [0.2, 0.25) is 0 Å². The second-order valence-corrected chi connectivity index (χ2v) is 4.40. The highest BCUT2D eigenvalue weighted by Gasteiger charge is 2.07. The first-order valence-electron chi connectivity index (χ1n) is 6.34. The maximum Gasteiger partial charge on any atom is 0.335 e. The zero-order valence-electron chi connectivity index (χ0n) is 11.8. The van der Waals surface area contributed by atoms with Crippen molar-refractivity contribution in [3.63, 3.8) is 0 Å². The second-order valence-electron chi connectivity index (χ2n) is 4.40. The number of aromatic carboxylic acids is 1. The Labute approximate surface area is 118 Å². The van der Waals surface area contributed by atoms with E-state index in [0.717, 1.165) is 5.56 Å². The standard InChI is InChI=1S/C14H20N2O4/c1-16(9-10-20-2)14(19)15-8-7-11-3-5-12(6-4-11)13(17)18/h3-6H,7-10H2,1-2H3,(H,15,19)(H,17,18). The minimum atomic E-state index is -0.940. The predicted octanol–water partition coefficient (Wildman–Crippen LogP) is 1.22. The Balaban J connectivity index is 2.33. The average molecular weight is 280 g/mol. The third-order valence-electron chi connectivity index (χ3n) is 2.87. The first kappa shape index (κ1) is 16.0. The van der Waals surface area contributed by atoms with Gasteiger partial charge in [0.1, 0.15) is 0 Å². The zero-order valence-corrected chi connectivity index (χ0v) is 11.8. The molecule has 0 aliphatic carbocycles. The van der Waals surface area contributed by atoms with Crippen molar-refractivity contribution in [3.8, 4) is 0 Å². The summed E-state index contributed by atoms with van der Waals surface area (Å²) in [6, 6.07) is 6.48. The summed E-state index contributed by atoms with van der Waals surface area (Å²) < 4.78 is 4.90. The first-order valence-corrected chi connectivity index (χ1v) is 6.34. The van der Waals surface area contributed by atoms with Crippen LogP contribution >= 0.6 is 0 Å². The lowest BCUT2D eigenvalue weighted by Crippen LogP contribution is -2.39. The van der Waals surface area contributed by atoms with Crippen LogP contribution in [0.5, 0.6) is 0 Å². The predicted molar refractivity (Wildman–Crippen MR) is 75.0 cm³/mol. The Kier molecular flexibility index (Phi) is 6.52. The molecule has 1 aromatic carbocycles. The van der Waals surface area contributed by atoms with E-state index in [4.69, 9.17) is 9.84 Å². The monoisotopic (exact) mass is 280 g/mol. The Hall–Kier alpha value is -2.08. The molecule has 0 spiro atoms. The molecule has 6 heteroatoms. The summed E-state index contributed by atoms with van der Waals surface area (Å²) in [4.78, 5) is 23.9. The summed E-state index contributed by atoms with van der Waals surface area (Å²) in [5.74, 6) is -0.940. The number of nitrogens with zero attached hydrogens (tertiary/aromatic N) is 1. The number of hydrogen-bond acceptors (Lipinski definition) is 3. The van der Waals surface area contributed by atoms with E-state index in [9.17, 15) is 9.59 Å². The van der Waals surface area contributed by atoms with Crippen LogP contribution in [-0.2, 0) is 11.2 Å². The van der Waals surface area contributed by atoms with Gasteiger partial charge >= 0.3 is 12.0 Å². The summed E-state index contributed by atoms with van der Waals surface area (Å²) in [5, 5.41) is 11.6. The van der Waals surface area contributed by atoms with E-state index in [-0.39, 0.29) is 11.6 Å². The third-order valence-corrected chi connectivity index (χ3v) is 2.87. The number of hydrogen-bond donors (Lipinski definition) is 2. The van der Waals surface area contributed by atoms with Crippen LogP contribution < -0.4 is 5.32 Å². The van der Waals surface area contributed by atoms with Gasteiger partial charge in [-0.3, -0.25) is 0 Å². The van der Waals surface area contributed by atoms with Gasteiger partial charge in [0.15, 0.2) is 0 Å². The number of methoxy groups -OCH3 is 1. The minimum Gasteiger partial charge on any atom is -0.478 e. The number of rotatable bonds is 7. The number of carbonyl (C=O) groups is 2. The van der Waals surface area contributed by atoms with Gasteiger partial charge in [-0.05, 0) is 24.1 Å². The summed E-state index contributed by atoms with van der Waals surface area (Å²) in [5.41, 5.74) is 1.24. The van der Waals surface area contributed by atoms with Crippen LogP contribution in [0.15, 0.2) is 24.3 Å². The van der Waals surface area contributed by atoms with Crippen molar-refractivity contribution < 1.29 is 19.4 Å². The molecule has 20 heavy (non-hydrogen) atoms. The van der Waals surface area contributed by atoms with Crippen LogP contribution in [0.3, 0.4) is 0 Å². The number of urea groups is 1. The van der Waals surface area contributed by atoms with Crippen molar-refractivity contribution in [1.29, 1.82) is 0 Å². The maximum absolute atomic E-state index is 11.7. The molecule has 6 nitrogen and oxygen atoms in total. The highest BCUT2D eigenvalue weighted by molar-refractivity contribution is 5.87. The number of benzene rings is 1. The molecule has 0 aromatic heterocycles. The Bertz CT molecular complexity index is 445. The SMILES string of the molecule is COCCN(C)C(=O)NCCc1ccc(C(=O)O)cc1. The average Bonchev–Trinajstić information content (AvgIpc) is 2.45. The van der Waals surface area contributed by atoms with Gasteiger partial charge in [0.05, 0.1) is 12.2 Å². The van der Waals surface area contributed by atoms with Crippen LogP contribution in [0.2, 0.25) is 0 Å². The van der Waals surface area contributed by atoms with Gasteiger partial charge in [0, 0.05) is 27.2 Å². The molecule has 0 aliphatic heterocycles. The summed E-state index contributed by atoms with van der Waals surface area (Å²) in [6.07, 6.45) is 0.657. The molecule has 0 saturated carbocycles. The highest BCUT2D eigenvalue weighted by Crippen LogP contribution is 2.04. The Morgan fingerprint density at radius 2 is 1.95 bits per heavy atom. The number of carboxylic acids is 1. The smallest absolute Gasteiger partial charge is 0.335 e. The van der Waals surface area contributed by atoms with Crippen LogP contribution in [0.1, 0.15) is 15.9 Å². The van der Waals surface area contributed by atoms with E-state index < -0.39 is 5.97 Å². The number of nitrogens with one attached hydrogen (secondary N) is 1. The lowest BCUT2D eigenvalue weighted by molar-refractivity contribution is 0.0697. The molecular formula is C14H20N2O4. The fourth-order valence-corrected chi connectivity index (χ4v) is 1.59. The van der Waals surface area contributed by atoms with Crippen molar-refractivity contribution in [3.05, 3.63) is 35.4 Å². The molecule has 0 heterocycles. The number of carbonyl (C=O) groups excluding carboxylic acids is 1. The van der Waals surface area contributed by atoms with Crippen LogP contribution in [0.4, 0.5) is 4.79 Å². The summed E-state index contributed by atoms with van der Waals surface area (Å²) in [7, 11) is 3.29. The van der Waals surface area contributed by atoms with Crippen molar-refractivity contribution >= 4 is 12.0 Å². The molecule has 0 fully saturated rings. The first-order chi connectivity index (χ1) is 9.54. The van der Waals surface area contributed by atoms with Crippen LogP contribution in [-0.4, -0.2) is 55.9 Å². The normalized spacial score (nSPS) is 10.1. The fraction of sp³-hybridized carbons (Fsp3) is 0.429. The van der Waals surface area contributed by atoms with Crippen molar-refractivity contribution in [1.82, 2.24) is 10.2 Å². The molecule has 110 valence electrons. The minimum absolute atomic E-state index is 0.149. The largest absolute Gasteiger partial charge is 0.478 e. The molecule has 0 atom stereocenters. The lowest BCUT2D eigenvalue weighted by atomic mass is 10.1. The van der Waals surface area contributed by atoms with Gasteiger partial charge in [-0.15, -0.1) is 0 Å². The molecule has 1 aromatic rings. The summed E-state index contributed by atoms with van der Waals surface area (Å²) in [6.45, 7) is 1.54. The number of amides is 2. The molecule has 1 rings (SSSR count). The van der Waals surface area contributed by atoms with Crippen molar-refractivity contribution in [2.75, 3.05) is 33.9 Å². The second kappa shape index (κ2) is 8.16. The fourth-order valence-electron chi connectivity index (χ4n) is 1.59. The van der Waals surface area contributed by atoms with Gasteiger partial charge in [0.25, 0.3) is 0 Å². The molecule has 2 N–H and O–H groups in total. The quantitative estimate of drug-likeness (QED) is 0.787. The topological polar surface area (TPSA) is 78.9 Å². The van der Waals surface area contributed by atoms with E-state index in [1.807, 2.05) is 0 Å². The maximum atomic E-state index is 11.7. The van der Waals surface area contributed by atoms with Gasteiger partial charge in [-0.25, -0.2) is 9.59 Å².